The molecule has 0 aliphatic carbocycles. The van der Waals surface area contributed by atoms with Gasteiger partial charge in [0.2, 0.25) is 10.0 Å². The van der Waals surface area contributed by atoms with Crippen molar-refractivity contribution in [1.82, 2.24) is 9.62 Å². The molecule has 0 aromatic heterocycles. The summed E-state index contributed by atoms with van der Waals surface area (Å²) in [5, 5.41) is 0. The molecule has 0 spiro atoms. The number of fused-ring (bicyclic) bond motifs is 1. The summed E-state index contributed by atoms with van der Waals surface area (Å²) in [4.78, 5) is 14.6. The highest BCUT2D eigenvalue weighted by Crippen LogP contribution is 2.33. The molecule has 1 amide bonds. The van der Waals surface area contributed by atoms with Gasteiger partial charge in [-0.05, 0) is 42.8 Å². The molecule has 1 saturated heterocycles. The Morgan fingerprint density at radius 3 is 2.47 bits per heavy atom. The lowest BCUT2D eigenvalue weighted by Gasteiger charge is -2.27. The molecule has 9 nitrogen and oxygen atoms in total. The van der Waals surface area contributed by atoms with Crippen LogP contribution in [-0.4, -0.2) is 65.9 Å². The second kappa shape index (κ2) is 9.35. The van der Waals surface area contributed by atoms with Crippen LogP contribution in [0.25, 0.3) is 0 Å². The number of hydrogen-bond donors (Lipinski definition) is 1. The van der Waals surface area contributed by atoms with Gasteiger partial charge in [0.1, 0.15) is 19.0 Å². The van der Waals surface area contributed by atoms with Crippen molar-refractivity contribution < 1.29 is 32.2 Å². The second-order valence-electron chi connectivity index (χ2n) is 7.51. The summed E-state index contributed by atoms with van der Waals surface area (Å²) in [5.74, 6) is 1.25. The fourth-order valence-electron chi connectivity index (χ4n) is 3.66. The van der Waals surface area contributed by atoms with Crippen LogP contribution in [0.3, 0.4) is 0 Å². The van der Waals surface area contributed by atoms with E-state index >= 15 is 0 Å². The average molecular weight is 463 g/mol. The predicted molar refractivity (Wildman–Crippen MR) is 116 cm³/mol. The first-order valence-corrected chi connectivity index (χ1v) is 11.8. The van der Waals surface area contributed by atoms with Crippen LogP contribution in [0, 0.1) is 0 Å². The maximum Gasteiger partial charge on any atom is 0.257 e. The molecule has 0 unspecified atom stereocenters. The van der Waals surface area contributed by atoms with Crippen LogP contribution in [-0.2, 0) is 14.8 Å². The van der Waals surface area contributed by atoms with Gasteiger partial charge >= 0.3 is 0 Å². The molecule has 2 aliphatic heterocycles. The first-order valence-electron chi connectivity index (χ1n) is 10.4. The summed E-state index contributed by atoms with van der Waals surface area (Å²) >= 11 is 0. The van der Waals surface area contributed by atoms with Gasteiger partial charge < -0.3 is 23.8 Å². The monoisotopic (exact) mass is 462 g/mol. The fourth-order valence-corrected chi connectivity index (χ4v) is 4.91. The molecule has 172 valence electrons. The van der Waals surface area contributed by atoms with Crippen molar-refractivity contribution in [1.29, 1.82) is 0 Å². The number of benzene rings is 2. The number of hydrogen-bond acceptors (Lipinski definition) is 7. The highest BCUT2D eigenvalue weighted by molar-refractivity contribution is 7.89. The van der Waals surface area contributed by atoms with Crippen molar-refractivity contribution in [2.24, 2.45) is 0 Å². The predicted octanol–water partition coefficient (Wildman–Crippen LogP) is 1.98. The van der Waals surface area contributed by atoms with E-state index in [9.17, 15) is 13.2 Å². The lowest BCUT2D eigenvalue weighted by molar-refractivity contribution is 0.0300. The van der Waals surface area contributed by atoms with Gasteiger partial charge in [0, 0.05) is 19.1 Å². The lowest BCUT2D eigenvalue weighted by Crippen LogP contribution is -2.40. The minimum atomic E-state index is -3.91. The standard InChI is InChI=1S/C22H26N2O7S/c1-15(16-3-5-20-21(13-16)31-12-11-30-20)23-32(26,27)17-4-6-19(28-2)18(14-17)22(25)24-7-9-29-10-8-24/h3-6,13-15,23H,7-12H2,1-2H3/t15-/m1/s1. The van der Waals surface area contributed by atoms with Gasteiger partial charge in [-0.15, -0.1) is 0 Å². The number of carbonyl (C=O) groups is 1. The molecule has 2 heterocycles. The van der Waals surface area contributed by atoms with Gasteiger partial charge in [-0.25, -0.2) is 13.1 Å². The van der Waals surface area contributed by atoms with Gasteiger partial charge in [-0.2, -0.15) is 0 Å². The second-order valence-corrected chi connectivity index (χ2v) is 9.23. The molecule has 4 rings (SSSR count). The first kappa shape index (κ1) is 22.4. The third-order valence-electron chi connectivity index (χ3n) is 5.41. The molecule has 0 bridgehead atoms. The van der Waals surface area contributed by atoms with Crippen molar-refractivity contribution in [2.45, 2.75) is 17.9 Å². The van der Waals surface area contributed by atoms with Crippen molar-refractivity contribution in [3.05, 3.63) is 47.5 Å². The van der Waals surface area contributed by atoms with Crippen molar-refractivity contribution in [3.63, 3.8) is 0 Å². The zero-order valence-electron chi connectivity index (χ0n) is 18.0. The number of rotatable bonds is 6. The Kier molecular flexibility index (Phi) is 6.54. The number of carbonyl (C=O) groups excluding carboxylic acids is 1. The quantitative estimate of drug-likeness (QED) is 0.700. The Morgan fingerprint density at radius 1 is 1.03 bits per heavy atom. The van der Waals surface area contributed by atoms with E-state index in [0.29, 0.717) is 56.8 Å². The minimum absolute atomic E-state index is 0.0145. The summed E-state index contributed by atoms with van der Waals surface area (Å²) in [6.07, 6.45) is 0. The van der Waals surface area contributed by atoms with Gasteiger partial charge in [-0.3, -0.25) is 4.79 Å². The Labute approximate surface area is 187 Å². The maximum absolute atomic E-state index is 13.1. The molecular weight excluding hydrogens is 436 g/mol. The summed E-state index contributed by atoms with van der Waals surface area (Å²) in [7, 11) is -2.47. The van der Waals surface area contributed by atoms with Gasteiger partial charge in [0.25, 0.3) is 5.91 Å². The fraction of sp³-hybridized carbons (Fsp3) is 0.409. The number of nitrogens with one attached hydrogen (secondary N) is 1. The summed E-state index contributed by atoms with van der Waals surface area (Å²) < 4.78 is 50.6. The van der Waals surface area contributed by atoms with E-state index in [0.717, 1.165) is 5.56 Å². The molecule has 2 aromatic carbocycles. The smallest absolute Gasteiger partial charge is 0.257 e. The van der Waals surface area contributed by atoms with Crippen LogP contribution in [0.15, 0.2) is 41.3 Å². The van der Waals surface area contributed by atoms with Gasteiger partial charge in [0.05, 0.1) is 30.8 Å². The molecule has 1 fully saturated rings. The maximum atomic E-state index is 13.1. The van der Waals surface area contributed by atoms with E-state index in [1.165, 1.54) is 25.3 Å². The Morgan fingerprint density at radius 2 is 1.75 bits per heavy atom. The number of ether oxygens (including phenoxy) is 4. The van der Waals surface area contributed by atoms with Crippen LogP contribution in [0.2, 0.25) is 0 Å². The largest absolute Gasteiger partial charge is 0.496 e. The van der Waals surface area contributed by atoms with Crippen molar-refractivity contribution in [2.75, 3.05) is 46.6 Å². The number of morpholine rings is 1. The Balaban J connectivity index is 1.57. The topological polar surface area (TPSA) is 103 Å². The normalized spacial score (nSPS) is 17.0. The third-order valence-corrected chi connectivity index (χ3v) is 6.95. The van der Waals surface area contributed by atoms with E-state index in [1.807, 2.05) is 0 Å². The van der Waals surface area contributed by atoms with Crippen molar-refractivity contribution >= 4 is 15.9 Å². The Hall–Kier alpha value is -2.82. The molecular formula is C22H26N2O7S. The number of nitrogens with zero attached hydrogens (tertiary/aromatic N) is 1. The highest BCUT2D eigenvalue weighted by atomic mass is 32.2. The summed E-state index contributed by atoms with van der Waals surface area (Å²) in [6.45, 7) is 4.45. The van der Waals surface area contributed by atoms with E-state index in [2.05, 4.69) is 4.72 Å². The van der Waals surface area contributed by atoms with E-state index in [1.54, 1.807) is 30.0 Å². The van der Waals surface area contributed by atoms with E-state index in [4.69, 9.17) is 18.9 Å². The molecule has 10 heteroatoms. The van der Waals surface area contributed by atoms with Crippen LogP contribution < -0.4 is 18.9 Å². The number of sulfonamides is 1. The van der Waals surface area contributed by atoms with Crippen molar-refractivity contribution in [3.8, 4) is 17.2 Å². The summed E-state index contributed by atoms with van der Waals surface area (Å²) in [5.41, 5.74) is 0.931. The van der Waals surface area contributed by atoms with Crippen LogP contribution in [0.5, 0.6) is 17.2 Å². The third kappa shape index (κ3) is 4.67. The zero-order chi connectivity index (χ0) is 22.7. The van der Waals surface area contributed by atoms with Crippen LogP contribution in [0.1, 0.15) is 28.9 Å². The molecule has 0 saturated carbocycles. The van der Waals surface area contributed by atoms with Crippen LogP contribution >= 0.6 is 0 Å². The summed E-state index contributed by atoms with van der Waals surface area (Å²) in [6, 6.07) is 9.07. The van der Waals surface area contributed by atoms with Gasteiger partial charge in [0.15, 0.2) is 11.5 Å². The number of methoxy groups -OCH3 is 1. The average Bonchev–Trinajstić information content (AvgIpc) is 2.83. The first-order chi connectivity index (χ1) is 15.4. The molecule has 32 heavy (non-hydrogen) atoms. The Bertz CT molecular complexity index is 1100. The molecule has 0 radical (unpaired) electrons. The van der Waals surface area contributed by atoms with E-state index in [-0.39, 0.29) is 16.4 Å². The SMILES string of the molecule is COc1ccc(S(=O)(=O)N[C@H](C)c2ccc3c(c2)OCCO3)cc1C(=O)N1CCOCC1. The van der Waals surface area contributed by atoms with Gasteiger partial charge in [-0.1, -0.05) is 6.07 Å². The number of amides is 1. The highest BCUT2D eigenvalue weighted by Gasteiger charge is 2.26. The molecule has 2 aliphatic rings. The molecule has 1 atom stereocenters. The lowest BCUT2D eigenvalue weighted by atomic mass is 10.1. The van der Waals surface area contributed by atoms with Crippen LogP contribution in [0.4, 0.5) is 0 Å². The zero-order valence-corrected chi connectivity index (χ0v) is 18.8. The molecule has 2 aromatic rings. The molecule has 1 N–H and O–H groups in total. The van der Waals surface area contributed by atoms with E-state index < -0.39 is 16.1 Å². The minimum Gasteiger partial charge on any atom is -0.496 e.